The second-order valence-corrected chi connectivity index (χ2v) is 3.42. The smallest absolute Gasteiger partial charge is 0.333 e. The molecule has 16 heavy (non-hydrogen) atoms. The molecule has 0 bridgehead atoms. The number of ether oxygens (including phenoxy) is 1. The summed E-state index contributed by atoms with van der Waals surface area (Å²) in [4.78, 5) is 21.6. The molecule has 86 valence electrons. The van der Waals surface area contributed by atoms with Crippen LogP contribution in [0.5, 0.6) is 5.75 Å². The molecule has 0 aliphatic rings. The Labute approximate surface area is 93.0 Å². The summed E-state index contributed by atoms with van der Waals surface area (Å²) in [6, 6.07) is 6.56. The topological polar surface area (TPSA) is 75.6 Å². The summed E-state index contributed by atoms with van der Waals surface area (Å²) in [5.74, 6) is -0.592. The lowest BCUT2D eigenvalue weighted by Crippen LogP contribution is -2.45. The molecular weight excluding hydrogens is 210 g/mol. The van der Waals surface area contributed by atoms with Crippen molar-refractivity contribution in [3.05, 3.63) is 29.8 Å². The van der Waals surface area contributed by atoms with Gasteiger partial charge < -0.3 is 15.2 Å². The Morgan fingerprint density at radius 2 is 2.25 bits per heavy atom. The van der Waals surface area contributed by atoms with Crippen molar-refractivity contribution in [3.63, 3.8) is 0 Å². The van der Waals surface area contributed by atoms with Crippen molar-refractivity contribution < 1.29 is 19.4 Å². The third kappa shape index (κ3) is 2.13. The fourth-order valence-electron chi connectivity index (χ4n) is 1.32. The number of carboxylic acid groups (broad SMARTS) is 1. The number of nitrogens with one attached hydrogen (secondary N) is 1. The van der Waals surface area contributed by atoms with E-state index in [0.29, 0.717) is 17.7 Å². The maximum atomic E-state index is 11.1. The highest BCUT2D eigenvalue weighted by Gasteiger charge is 2.34. The number of hydrogen-bond donors (Lipinski definition) is 2. The predicted molar refractivity (Wildman–Crippen MR) is 57.2 cm³/mol. The Bertz CT molecular complexity index is 405. The average molecular weight is 223 g/mol. The lowest BCUT2D eigenvalue weighted by Gasteiger charge is -2.24. The van der Waals surface area contributed by atoms with Crippen LogP contribution in [0.25, 0.3) is 0 Å². The number of methoxy groups -OCH3 is 1. The highest BCUT2D eigenvalue weighted by molar-refractivity contribution is 5.82. The van der Waals surface area contributed by atoms with Crippen molar-refractivity contribution >= 4 is 12.4 Å². The van der Waals surface area contributed by atoms with Crippen molar-refractivity contribution in [2.75, 3.05) is 7.11 Å². The van der Waals surface area contributed by atoms with Crippen LogP contribution in [0.1, 0.15) is 12.5 Å². The summed E-state index contributed by atoms with van der Waals surface area (Å²) in [5.41, 5.74) is -0.998. The van der Waals surface area contributed by atoms with Gasteiger partial charge in [-0.25, -0.2) is 4.79 Å². The molecule has 1 atom stereocenters. The number of carbonyl (C=O) groups is 2. The number of aliphatic carboxylic acids is 1. The summed E-state index contributed by atoms with van der Waals surface area (Å²) in [6.45, 7) is 1.42. The van der Waals surface area contributed by atoms with Crippen LogP contribution in [-0.4, -0.2) is 24.6 Å². The number of carboxylic acids is 1. The molecule has 0 aromatic heterocycles. The first-order chi connectivity index (χ1) is 7.54. The SMILES string of the molecule is COc1cccc(C(C)(NC=O)C(=O)O)c1. The number of benzene rings is 1. The van der Waals surface area contributed by atoms with Crippen molar-refractivity contribution in [2.24, 2.45) is 0 Å². The molecule has 0 spiro atoms. The standard InChI is InChI=1S/C11H13NO4/c1-11(10(14)15,12-7-13)8-4-3-5-9(6-8)16-2/h3-7H,1-2H3,(H,12,13)(H,14,15). The van der Waals surface area contributed by atoms with Gasteiger partial charge in [-0.15, -0.1) is 0 Å². The molecule has 1 aromatic rings. The Morgan fingerprint density at radius 3 is 2.75 bits per heavy atom. The molecule has 1 amide bonds. The van der Waals surface area contributed by atoms with Crippen LogP contribution in [0.15, 0.2) is 24.3 Å². The lowest BCUT2D eigenvalue weighted by molar-refractivity contribution is -0.145. The Balaban J connectivity index is 3.20. The zero-order valence-electron chi connectivity index (χ0n) is 9.06. The van der Waals surface area contributed by atoms with Gasteiger partial charge in [-0.2, -0.15) is 0 Å². The molecule has 1 unspecified atom stereocenters. The highest BCUT2D eigenvalue weighted by Crippen LogP contribution is 2.24. The third-order valence-electron chi connectivity index (χ3n) is 2.42. The minimum absolute atomic E-state index is 0.369. The first-order valence-corrected chi connectivity index (χ1v) is 4.64. The largest absolute Gasteiger partial charge is 0.497 e. The van der Waals surface area contributed by atoms with Crippen LogP contribution >= 0.6 is 0 Å². The second-order valence-electron chi connectivity index (χ2n) is 3.42. The molecule has 0 aliphatic heterocycles. The van der Waals surface area contributed by atoms with Crippen LogP contribution in [0.3, 0.4) is 0 Å². The number of carbonyl (C=O) groups excluding carboxylic acids is 1. The van der Waals surface area contributed by atoms with Gasteiger partial charge in [0.25, 0.3) is 0 Å². The van der Waals surface area contributed by atoms with Crippen molar-refractivity contribution in [2.45, 2.75) is 12.5 Å². The first-order valence-electron chi connectivity index (χ1n) is 4.64. The minimum Gasteiger partial charge on any atom is -0.497 e. The summed E-state index contributed by atoms with van der Waals surface area (Å²) < 4.78 is 5.00. The molecule has 1 rings (SSSR count). The van der Waals surface area contributed by atoms with E-state index in [1.54, 1.807) is 24.3 Å². The van der Waals surface area contributed by atoms with E-state index >= 15 is 0 Å². The van der Waals surface area contributed by atoms with Crippen LogP contribution in [0, 0.1) is 0 Å². The van der Waals surface area contributed by atoms with E-state index in [1.807, 2.05) is 0 Å². The van der Waals surface area contributed by atoms with Crippen molar-refractivity contribution in [1.82, 2.24) is 5.32 Å². The van der Waals surface area contributed by atoms with Gasteiger partial charge in [0, 0.05) is 0 Å². The van der Waals surface area contributed by atoms with E-state index in [-0.39, 0.29) is 0 Å². The highest BCUT2D eigenvalue weighted by atomic mass is 16.5. The van der Waals surface area contributed by atoms with Gasteiger partial charge in [0.1, 0.15) is 5.75 Å². The molecular formula is C11H13NO4. The predicted octanol–water partition coefficient (Wildman–Crippen LogP) is 0.741. The minimum atomic E-state index is -1.45. The van der Waals surface area contributed by atoms with Crippen LogP contribution in [-0.2, 0) is 15.1 Å². The lowest BCUT2D eigenvalue weighted by atomic mass is 9.92. The van der Waals surface area contributed by atoms with Crippen LogP contribution in [0.4, 0.5) is 0 Å². The molecule has 0 radical (unpaired) electrons. The quantitative estimate of drug-likeness (QED) is 0.722. The van der Waals surface area contributed by atoms with Gasteiger partial charge in [-0.3, -0.25) is 4.79 Å². The number of amides is 1. The molecule has 0 heterocycles. The normalized spacial score (nSPS) is 13.6. The summed E-state index contributed by atoms with van der Waals surface area (Å²) >= 11 is 0. The summed E-state index contributed by atoms with van der Waals surface area (Å²) in [5, 5.41) is 11.4. The first kappa shape index (κ1) is 12.0. The molecule has 1 aromatic carbocycles. The Hall–Kier alpha value is -2.04. The summed E-state index contributed by atoms with van der Waals surface area (Å²) in [6.07, 6.45) is 0.369. The van der Waals surface area contributed by atoms with E-state index in [9.17, 15) is 9.59 Å². The van der Waals surface area contributed by atoms with E-state index in [0.717, 1.165) is 0 Å². The van der Waals surface area contributed by atoms with Crippen LogP contribution in [0.2, 0.25) is 0 Å². The van der Waals surface area contributed by atoms with Crippen molar-refractivity contribution in [1.29, 1.82) is 0 Å². The number of hydrogen-bond acceptors (Lipinski definition) is 3. The zero-order valence-corrected chi connectivity index (χ0v) is 9.06. The van der Waals surface area contributed by atoms with Gasteiger partial charge in [-0.05, 0) is 24.6 Å². The fraction of sp³-hybridized carbons (Fsp3) is 0.273. The second kappa shape index (κ2) is 4.65. The molecule has 5 nitrogen and oxygen atoms in total. The third-order valence-corrected chi connectivity index (χ3v) is 2.42. The maximum absolute atomic E-state index is 11.1. The zero-order chi connectivity index (χ0) is 12.2. The van der Waals surface area contributed by atoms with E-state index in [2.05, 4.69) is 5.32 Å². The molecule has 2 N–H and O–H groups in total. The van der Waals surface area contributed by atoms with Crippen LogP contribution < -0.4 is 10.1 Å². The molecule has 0 saturated carbocycles. The molecule has 0 aliphatic carbocycles. The number of rotatable bonds is 5. The summed E-state index contributed by atoms with van der Waals surface area (Å²) in [7, 11) is 1.49. The maximum Gasteiger partial charge on any atom is 0.333 e. The molecule has 0 saturated heterocycles. The molecule has 5 heteroatoms. The van der Waals surface area contributed by atoms with Gasteiger partial charge in [0.2, 0.25) is 6.41 Å². The Morgan fingerprint density at radius 1 is 1.56 bits per heavy atom. The van der Waals surface area contributed by atoms with Gasteiger partial charge in [-0.1, -0.05) is 12.1 Å². The van der Waals surface area contributed by atoms with Gasteiger partial charge in [0.15, 0.2) is 5.54 Å². The monoisotopic (exact) mass is 223 g/mol. The van der Waals surface area contributed by atoms with Crippen molar-refractivity contribution in [3.8, 4) is 5.75 Å². The molecule has 0 fully saturated rings. The fourth-order valence-corrected chi connectivity index (χ4v) is 1.32. The van der Waals surface area contributed by atoms with E-state index < -0.39 is 11.5 Å². The Kier molecular flexibility index (Phi) is 3.50. The average Bonchev–Trinajstić information content (AvgIpc) is 2.29. The van der Waals surface area contributed by atoms with Gasteiger partial charge >= 0.3 is 5.97 Å². The van der Waals surface area contributed by atoms with Gasteiger partial charge in [0.05, 0.1) is 7.11 Å². The van der Waals surface area contributed by atoms with E-state index in [4.69, 9.17) is 9.84 Å². The van der Waals surface area contributed by atoms with E-state index in [1.165, 1.54) is 14.0 Å².